The number of aromatic carboxylic acids is 1. The van der Waals surface area contributed by atoms with Crippen LogP contribution in [0.3, 0.4) is 0 Å². The molecule has 7 aliphatic heterocycles. The number of carboxylic acid groups (broad SMARTS) is 1. The second kappa shape index (κ2) is 47.7. The molecule has 40 nitrogen and oxygen atoms in total. The average Bonchev–Trinajstić information content (AvgIpc) is 1.52. The summed E-state index contributed by atoms with van der Waals surface area (Å²) in [7, 11) is -5.53. The molecule has 8 heterocycles. The topological polar surface area (TPSA) is 636 Å². The van der Waals surface area contributed by atoms with Crippen LogP contribution in [0.15, 0.2) is 120 Å². The Morgan fingerprint density at radius 2 is 1.34 bits per heavy atom. The molecule has 19 N–H and O–H groups in total. The number of carboxylic acids is 1. The van der Waals surface area contributed by atoms with Crippen LogP contribution in [0.2, 0.25) is 0 Å². The van der Waals surface area contributed by atoms with Crippen molar-refractivity contribution in [2.45, 2.75) is 230 Å². The van der Waals surface area contributed by atoms with Crippen molar-refractivity contribution >= 4 is 112 Å². The van der Waals surface area contributed by atoms with E-state index in [1.54, 1.807) is 26.0 Å². The van der Waals surface area contributed by atoms with E-state index in [9.17, 15) is 67.6 Å². The third-order valence-corrected chi connectivity index (χ3v) is 30.0. The molecule has 4 aromatic rings. The number of phosphoric acid groups is 1. The van der Waals surface area contributed by atoms with Crippen LogP contribution in [0.5, 0.6) is 0 Å². The van der Waals surface area contributed by atoms with Gasteiger partial charge >= 0.3 is 12.1 Å². The molecule has 42 heteroatoms. The van der Waals surface area contributed by atoms with Crippen LogP contribution in [0.25, 0.3) is 44.5 Å². The maximum absolute atomic E-state index is 14.7. The van der Waals surface area contributed by atoms with E-state index in [4.69, 9.17) is 91.8 Å². The molecule has 12 rings (SSSR count). The van der Waals surface area contributed by atoms with Gasteiger partial charge < -0.3 is 118 Å². The number of hydrogen-bond donors (Lipinski definition) is 13. The van der Waals surface area contributed by atoms with Gasteiger partial charge in [-0.2, -0.15) is 0 Å². The molecule has 0 saturated carbocycles. The number of nitriles is 1. The maximum Gasteiger partial charge on any atom is 0.407 e. The molecule has 9 amide bonds. The summed E-state index contributed by atoms with van der Waals surface area (Å²) in [5.41, 5.74) is 42.1. The molecule has 2 fully saturated rings. The van der Waals surface area contributed by atoms with Crippen LogP contribution < -0.4 is 71.2 Å². The number of phosphoric ester groups is 1. The first kappa shape index (κ1) is 113. The number of nitrogens with zero attached hydrogens (tertiary/aromatic N) is 7. The number of benzene rings is 4. The average molecular weight is 2040 g/mol. The van der Waals surface area contributed by atoms with Gasteiger partial charge in [0, 0.05) is 228 Å². The van der Waals surface area contributed by atoms with Crippen LogP contribution >= 0.6 is 7.82 Å². The number of carbonyl (C=O) groups excluding carboxylic acids is 9. The van der Waals surface area contributed by atoms with Crippen molar-refractivity contribution in [2.24, 2.45) is 99.7 Å². The first-order valence-electron chi connectivity index (χ1n) is 48.0. The predicted molar refractivity (Wildman–Crippen MR) is 529 cm³/mol. The summed E-state index contributed by atoms with van der Waals surface area (Å²) >= 11 is 0. The van der Waals surface area contributed by atoms with Gasteiger partial charge in [-0.25, -0.2) is 19.8 Å². The van der Waals surface area contributed by atoms with Gasteiger partial charge in [-0.15, -0.1) is 0 Å². The van der Waals surface area contributed by atoms with Crippen molar-refractivity contribution in [1.82, 2.24) is 30.8 Å². The number of carbonyl (C=O) groups is 10. The van der Waals surface area contributed by atoms with E-state index >= 15 is 0 Å². The van der Waals surface area contributed by atoms with Crippen molar-refractivity contribution in [2.75, 3.05) is 84.3 Å². The summed E-state index contributed by atoms with van der Waals surface area (Å²) < 4.78 is 62.6. The largest absolute Gasteiger partial charge is 0.756 e. The first-order valence-corrected chi connectivity index (χ1v) is 49.5. The number of nitrogens with one attached hydrogen (secondary N) is 5. The zero-order chi connectivity index (χ0) is 104. The maximum atomic E-state index is 14.7. The molecule has 3 aromatic carbocycles. The number of primary amides is 6. The monoisotopic (exact) mass is 2040 g/mol. The van der Waals surface area contributed by atoms with Gasteiger partial charge in [-0.1, -0.05) is 40.7 Å². The standard InChI is InChI=1S/C100H136N17O22P.CHN.Co/c1-16-107-68-44-73-62(38-54(68)5)84(63-39-55(6)69(108-17-2)45-74(63)136-73)60-21-20-59(42-61(60)94(127)128)92(126)109-30-18-32-132-34-36-134-37-35-133-33-19-31-110-95(129)135-50-75-88(87(125)93(137-75)117-51-112-71-40-52(3)53(4)41-72(71)117)139-140(130,131)138-56(7)49-111-83(124)28-29-97(12)67(43-80(104)121)91-100(15)99(14,48-82(106)123)66(24-27-79(103)120)86(116-100)58(9)90-98(13,47-81(105)122)64(22-25-77(101)118)70(113-90)46-76-96(10,11)65(23-26-78(102)119)85(114-76)57(8)89(97)115-91;1-2;/h20-21,38-42,44-46,51,56,64-67,75,87-88,91,93,107,114,125H,16-19,22-37,43,47-50H2,1-15H3,(H2,101,118)(H2,102,119)(H2,103,120)(H2,104,121)(H2,105,122)(H2,106,123)(H,109,126)(H,110,129)(H,111,124)(H,127,128)(H,130,131);1H;/p-1/b76-46-,85-57-,90-58-,108-69?;;/t56?,64-,65-,66-,67?,75-,87-,88-,91?,93+,97-,98+,99+,100?;;/m1../s1. The number of allylic oxidation sites excluding steroid dienone is 6. The van der Waals surface area contributed by atoms with E-state index in [-0.39, 0.29) is 145 Å². The summed E-state index contributed by atoms with van der Waals surface area (Å²) in [6, 6.07) is 15.0. The third kappa shape index (κ3) is 25.2. The fraction of sp³-hybridized carbons (Fsp3) is 0.545. The Balaban J connectivity index is 0.00000696. The number of aromatic nitrogens is 2. The summed E-state index contributed by atoms with van der Waals surface area (Å²) in [6.45, 7) is 33.4. The minimum Gasteiger partial charge on any atom is -0.756 e. The Morgan fingerprint density at radius 1 is 0.713 bits per heavy atom. The van der Waals surface area contributed by atoms with Crippen molar-refractivity contribution < 1.29 is 122 Å². The molecule has 8 bridgehead atoms. The molecule has 1 aliphatic carbocycles. The number of amides is 9. The Hall–Kier alpha value is -11.9. The number of aliphatic hydroxyl groups is 1. The fourth-order valence-corrected chi connectivity index (χ4v) is 22.4. The Labute approximate surface area is 841 Å². The predicted octanol–water partition coefficient (Wildman–Crippen LogP) is 8.85. The molecule has 777 valence electrons. The molecular weight excluding hydrogens is 1910 g/mol. The van der Waals surface area contributed by atoms with Crippen LogP contribution in [-0.2, 0) is 87.6 Å². The third-order valence-electron chi connectivity index (χ3n) is 28.9. The van der Waals surface area contributed by atoms with Crippen molar-refractivity contribution in [3.8, 4) is 29.0 Å². The normalized spacial score (nSPS) is 25.7. The number of anilines is 1. The number of fused-ring (bicyclic) bond motifs is 9. The number of rotatable bonds is 47. The fourth-order valence-electron chi connectivity index (χ4n) is 21.3. The molecule has 8 aliphatic rings. The molecule has 1 radical (unpaired) electrons. The quantitative estimate of drug-likeness (QED) is 0.00963. The molecule has 1 aromatic heterocycles. The number of hydrogen-bond acceptors (Lipinski definition) is 29. The molecule has 15 atom stereocenters. The second-order valence-electron chi connectivity index (χ2n) is 39.0. The number of aryl methyl sites for hydroxylation is 4. The first-order chi connectivity index (χ1) is 67.1. The van der Waals surface area contributed by atoms with Gasteiger partial charge in [0.05, 0.1) is 78.1 Å². The number of nitrogens with two attached hydrogens (primary N) is 6. The van der Waals surface area contributed by atoms with Crippen LogP contribution in [0, 0.1) is 84.9 Å². The minimum absolute atomic E-state index is 0. The van der Waals surface area contributed by atoms with Crippen LogP contribution in [0.4, 0.5) is 10.5 Å². The van der Waals surface area contributed by atoms with E-state index in [1.165, 1.54) is 23.9 Å². The summed E-state index contributed by atoms with van der Waals surface area (Å²) in [5.74, 6) is -8.72. The number of imidazole rings is 1. The Morgan fingerprint density at radius 3 is 1.95 bits per heavy atom. The zero-order valence-corrected chi connectivity index (χ0v) is 85.7. The van der Waals surface area contributed by atoms with Gasteiger partial charge in [-0.05, 0) is 189 Å². The van der Waals surface area contributed by atoms with Gasteiger partial charge in [0.1, 0.15) is 36.3 Å². The number of aliphatic hydroxyl groups excluding tert-OH is 1. The summed E-state index contributed by atoms with van der Waals surface area (Å²) in [6.07, 6.45) is -5.80. The minimum atomic E-state index is -5.53. The summed E-state index contributed by atoms with van der Waals surface area (Å²) in [4.78, 5) is 175. The van der Waals surface area contributed by atoms with Crippen LogP contribution in [0.1, 0.15) is 209 Å². The number of aliphatic imine (C=N–C) groups is 3. The van der Waals surface area contributed by atoms with Crippen molar-refractivity contribution in [1.29, 1.82) is 5.26 Å². The summed E-state index contributed by atoms with van der Waals surface area (Å²) in [5, 5.41) is 46.1. The SMILES string of the molecule is C#N.CCN=c1cc2oc3cc(NCC)c(C)cc3c(-c3ccc(C(=O)NCCCOCCOCCOCCCNC(=O)OC[C@H]4O[C@H](n5cnc6cc(C)c(C)cc65)[C@H](O)[C@@H]4OP(=O)([O-])OC(C)CNC(=O)CC[C@@]4(C)C5=NC(C4CC(N)=O)C4(C)N=C(/C(C)=C6N=C(/C=C7\N/C(=C\5C)[C@@H](CCC(N)=O)C7(C)C)[C@@H](CCC(N)=O)[C@]\6(C)CC(N)=O)[C@@H](CCC(N)=O)[C@]4(C)CC(N)=O)cc3C(=O)O)c-2cc1C.[Co]. The van der Waals surface area contributed by atoms with E-state index in [2.05, 4.69) is 43.1 Å². The van der Waals surface area contributed by atoms with Gasteiger partial charge in [0.25, 0.3) is 13.7 Å². The second-order valence-corrected chi connectivity index (χ2v) is 40.4. The van der Waals surface area contributed by atoms with Crippen molar-refractivity contribution in [3.05, 3.63) is 134 Å². The molecule has 143 heavy (non-hydrogen) atoms. The molecule has 2 saturated heterocycles. The van der Waals surface area contributed by atoms with Gasteiger partial charge in [0.15, 0.2) is 6.23 Å². The zero-order valence-electron chi connectivity index (χ0n) is 83.8. The van der Waals surface area contributed by atoms with E-state index in [1.807, 2.05) is 126 Å². The van der Waals surface area contributed by atoms with Gasteiger partial charge in [-0.3, -0.25) is 62.9 Å². The number of alkyl carbamates (subject to hydrolysis) is 1. The van der Waals surface area contributed by atoms with Gasteiger partial charge in [0.2, 0.25) is 41.4 Å². The molecular formula is C101H136CoN18O22P-. The van der Waals surface area contributed by atoms with E-state index in [0.29, 0.717) is 117 Å². The van der Waals surface area contributed by atoms with E-state index < -0.39 is 168 Å². The van der Waals surface area contributed by atoms with Crippen LogP contribution in [-0.4, -0.2) is 211 Å². The Kier molecular flexibility index (Phi) is 37.7. The van der Waals surface area contributed by atoms with E-state index in [0.717, 1.165) is 38.7 Å². The molecule has 0 spiro atoms. The number of ether oxygens (including phenoxy) is 5. The Bertz CT molecular complexity index is 6160. The van der Waals surface area contributed by atoms with Crippen molar-refractivity contribution in [3.63, 3.8) is 0 Å². The molecule has 5 unspecified atom stereocenters. The smallest absolute Gasteiger partial charge is 0.407 e.